The van der Waals surface area contributed by atoms with E-state index in [0.29, 0.717) is 16.7 Å². The van der Waals surface area contributed by atoms with Gasteiger partial charge in [0, 0.05) is 5.69 Å². The third-order valence-electron chi connectivity index (χ3n) is 3.41. The zero-order chi connectivity index (χ0) is 17.2. The van der Waals surface area contributed by atoms with Crippen molar-refractivity contribution in [1.82, 2.24) is 0 Å². The fourth-order valence-electron chi connectivity index (χ4n) is 2.05. The van der Waals surface area contributed by atoms with Crippen LogP contribution in [0.4, 0.5) is 5.69 Å². The lowest BCUT2D eigenvalue weighted by atomic mass is 10.1. The number of carboxylic acid groups (broad SMARTS) is 1. The normalized spacial score (nSPS) is 10.8. The molecule has 2 aromatic carbocycles. The Balaban J connectivity index is 2.46. The van der Waals surface area contributed by atoms with Crippen LogP contribution in [0.15, 0.2) is 41.3 Å². The summed E-state index contributed by atoms with van der Waals surface area (Å²) in [6, 6.07) is 10.3. The van der Waals surface area contributed by atoms with Gasteiger partial charge in [-0.2, -0.15) is 5.26 Å². The van der Waals surface area contributed by atoms with Gasteiger partial charge in [-0.25, -0.2) is 8.42 Å². The van der Waals surface area contributed by atoms with E-state index < -0.39 is 16.0 Å². The van der Waals surface area contributed by atoms with Crippen molar-refractivity contribution in [3.8, 4) is 6.07 Å². The van der Waals surface area contributed by atoms with Crippen LogP contribution in [0.3, 0.4) is 0 Å². The van der Waals surface area contributed by atoms with Crippen molar-refractivity contribution in [2.45, 2.75) is 18.7 Å². The molecule has 1 N–H and O–H groups in total. The third-order valence-corrected chi connectivity index (χ3v) is 4.92. The van der Waals surface area contributed by atoms with Gasteiger partial charge in [-0.3, -0.25) is 4.72 Å². The summed E-state index contributed by atoms with van der Waals surface area (Å²) in [5.74, 6) is -1.44. The van der Waals surface area contributed by atoms with Crippen LogP contribution in [0.1, 0.15) is 27.0 Å². The molecule has 0 aliphatic carbocycles. The molecule has 0 aliphatic rings. The van der Waals surface area contributed by atoms with Gasteiger partial charge in [-0.1, -0.05) is 0 Å². The summed E-state index contributed by atoms with van der Waals surface area (Å²) in [6.07, 6.45) is 0. The summed E-state index contributed by atoms with van der Waals surface area (Å²) < 4.78 is 27.4. The number of hydrogen-bond acceptors (Lipinski definition) is 5. The smallest absolute Gasteiger partial charge is 0.262 e. The fourth-order valence-corrected chi connectivity index (χ4v) is 3.45. The number of sulfonamides is 1. The highest BCUT2D eigenvalue weighted by atomic mass is 32.2. The second kappa shape index (κ2) is 6.10. The minimum Gasteiger partial charge on any atom is -0.545 e. The summed E-state index contributed by atoms with van der Waals surface area (Å²) in [5.41, 5.74) is 1.47. The van der Waals surface area contributed by atoms with E-state index in [1.807, 2.05) is 6.07 Å². The summed E-state index contributed by atoms with van der Waals surface area (Å²) >= 11 is 0. The van der Waals surface area contributed by atoms with Crippen LogP contribution in [0.25, 0.3) is 0 Å². The number of nitrogens with zero attached hydrogens (tertiary/aromatic N) is 1. The SMILES string of the molecule is Cc1cc(C(=O)[O-])cc(S(=O)(=O)Nc2ccc(C#N)cc2)c1C. The van der Waals surface area contributed by atoms with Gasteiger partial charge in [0.1, 0.15) is 0 Å². The zero-order valence-electron chi connectivity index (χ0n) is 12.5. The molecule has 0 fully saturated rings. The highest BCUT2D eigenvalue weighted by Gasteiger charge is 2.19. The predicted octanol–water partition coefficient (Wildman–Crippen LogP) is 1.34. The molecule has 2 rings (SSSR count). The van der Waals surface area contributed by atoms with Crippen molar-refractivity contribution in [1.29, 1.82) is 5.26 Å². The number of nitrogens with one attached hydrogen (secondary N) is 1. The van der Waals surface area contributed by atoms with Gasteiger partial charge < -0.3 is 9.90 Å². The van der Waals surface area contributed by atoms with Crippen molar-refractivity contribution < 1.29 is 18.3 Å². The number of carbonyl (C=O) groups is 1. The van der Waals surface area contributed by atoms with Crippen LogP contribution in [-0.2, 0) is 10.0 Å². The number of rotatable bonds is 4. The van der Waals surface area contributed by atoms with E-state index in [2.05, 4.69) is 4.72 Å². The van der Waals surface area contributed by atoms with Crippen LogP contribution in [0.2, 0.25) is 0 Å². The van der Waals surface area contributed by atoms with Crippen molar-refractivity contribution >= 4 is 21.7 Å². The minimum absolute atomic E-state index is 0.124. The van der Waals surface area contributed by atoms with Crippen LogP contribution in [-0.4, -0.2) is 14.4 Å². The molecule has 0 heterocycles. The largest absolute Gasteiger partial charge is 0.545 e. The Morgan fingerprint density at radius 3 is 2.30 bits per heavy atom. The number of hydrogen-bond donors (Lipinski definition) is 1. The molecule has 0 unspecified atom stereocenters. The van der Waals surface area contributed by atoms with Gasteiger partial charge in [-0.05, 0) is 66.9 Å². The van der Waals surface area contributed by atoms with Gasteiger partial charge in [0.15, 0.2) is 0 Å². The summed E-state index contributed by atoms with van der Waals surface area (Å²) in [6.45, 7) is 3.23. The van der Waals surface area contributed by atoms with Crippen LogP contribution >= 0.6 is 0 Å². The van der Waals surface area contributed by atoms with Gasteiger partial charge in [-0.15, -0.1) is 0 Å². The molecule has 0 saturated carbocycles. The maximum absolute atomic E-state index is 12.5. The molecule has 23 heavy (non-hydrogen) atoms. The number of aromatic carboxylic acids is 1. The molecular formula is C16H13N2O4S-. The van der Waals surface area contributed by atoms with E-state index in [1.165, 1.54) is 30.3 Å². The Morgan fingerprint density at radius 2 is 1.78 bits per heavy atom. The Hall–Kier alpha value is -2.85. The Kier molecular flexibility index (Phi) is 4.38. The quantitative estimate of drug-likeness (QED) is 0.910. The first-order valence-corrected chi connectivity index (χ1v) is 8.08. The van der Waals surface area contributed by atoms with E-state index in [-0.39, 0.29) is 16.1 Å². The van der Waals surface area contributed by atoms with E-state index in [9.17, 15) is 18.3 Å². The van der Waals surface area contributed by atoms with E-state index >= 15 is 0 Å². The molecule has 0 spiro atoms. The highest BCUT2D eigenvalue weighted by Crippen LogP contribution is 2.23. The Morgan fingerprint density at radius 1 is 1.17 bits per heavy atom. The van der Waals surface area contributed by atoms with E-state index in [0.717, 1.165) is 6.07 Å². The Bertz CT molecular complexity index is 910. The highest BCUT2D eigenvalue weighted by molar-refractivity contribution is 7.92. The molecule has 0 aromatic heterocycles. The lowest BCUT2D eigenvalue weighted by molar-refractivity contribution is -0.255. The number of carbonyl (C=O) groups excluding carboxylic acids is 1. The first kappa shape index (κ1) is 16.5. The van der Waals surface area contributed by atoms with Gasteiger partial charge in [0.2, 0.25) is 0 Å². The molecule has 0 amide bonds. The predicted molar refractivity (Wildman–Crippen MR) is 82.2 cm³/mol. The lowest BCUT2D eigenvalue weighted by Gasteiger charge is -2.14. The molecule has 0 bridgehead atoms. The summed E-state index contributed by atoms with van der Waals surface area (Å²) in [4.78, 5) is 10.9. The molecular weight excluding hydrogens is 316 g/mol. The zero-order valence-corrected chi connectivity index (χ0v) is 13.3. The molecule has 118 valence electrons. The number of nitriles is 1. The topological polar surface area (TPSA) is 110 Å². The van der Waals surface area contributed by atoms with Crippen molar-refractivity contribution in [3.05, 3.63) is 58.7 Å². The van der Waals surface area contributed by atoms with Crippen LogP contribution in [0, 0.1) is 25.2 Å². The molecule has 0 atom stereocenters. The van der Waals surface area contributed by atoms with E-state index in [1.54, 1.807) is 13.8 Å². The van der Waals surface area contributed by atoms with Gasteiger partial charge >= 0.3 is 0 Å². The maximum atomic E-state index is 12.5. The second-order valence-electron chi connectivity index (χ2n) is 5.00. The average molecular weight is 329 g/mol. The van der Waals surface area contributed by atoms with Crippen LogP contribution < -0.4 is 9.83 Å². The first-order chi connectivity index (χ1) is 10.7. The molecule has 0 saturated heterocycles. The van der Waals surface area contributed by atoms with Gasteiger partial charge in [0.25, 0.3) is 10.0 Å². The molecule has 2 aromatic rings. The first-order valence-electron chi connectivity index (χ1n) is 6.60. The van der Waals surface area contributed by atoms with Crippen LogP contribution in [0.5, 0.6) is 0 Å². The molecule has 7 heteroatoms. The average Bonchev–Trinajstić information content (AvgIpc) is 2.49. The van der Waals surface area contributed by atoms with Gasteiger partial charge in [0.05, 0.1) is 22.5 Å². The number of benzene rings is 2. The molecule has 0 radical (unpaired) electrons. The van der Waals surface area contributed by atoms with E-state index in [4.69, 9.17) is 5.26 Å². The number of anilines is 1. The molecule has 0 aliphatic heterocycles. The third kappa shape index (κ3) is 3.49. The van der Waals surface area contributed by atoms with Crippen molar-refractivity contribution in [2.24, 2.45) is 0 Å². The Labute approximate surface area is 134 Å². The standard InChI is InChI=1S/C16H14N2O4S/c1-10-7-13(16(19)20)8-15(11(10)2)23(21,22)18-14-5-3-12(9-17)4-6-14/h3-8,18H,1-2H3,(H,19,20)/p-1. The fraction of sp³-hybridized carbons (Fsp3) is 0.125. The summed E-state index contributed by atoms with van der Waals surface area (Å²) in [5, 5.41) is 19.8. The number of aryl methyl sites for hydroxylation is 1. The monoisotopic (exact) mass is 329 g/mol. The minimum atomic E-state index is -3.97. The maximum Gasteiger partial charge on any atom is 0.262 e. The van der Waals surface area contributed by atoms with Crippen molar-refractivity contribution in [2.75, 3.05) is 4.72 Å². The van der Waals surface area contributed by atoms with Crippen molar-refractivity contribution in [3.63, 3.8) is 0 Å². The molecule has 6 nitrogen and oxygen atoms in total. The lowest BCUT2D eigenvalue weighted by Crippen LogP contribution is -2.23. The second-order valence-corrected chi connectivity index (χ2v) is 6.65. The summed E-state index contributed by atoms with van der Waals surface area (Å²) in [7, 11) is -3.97. The number of carboxylic acids is 1.